The van der Waals surface area contributed by atoms with Gasteiger partial charge in [0.2, 0.25) is 5.78 Å². The highest BCUT2D eigenvalue weighted by atomic mass is 16.5. The van der Waals surface area contributed by atoms with Gasteiger partial charge in [-0.15, -0.1) is 0 Å². The van der Waals surface area contributed by atoms with Gasteiger partial charge in [0.05, 0.1) is 0 Å². The number of rotatable bonds is 6. The minimum Gasteiger partial charge on any atom is -0.488 e. The standard InChI is InChI=1S/C21H17NO2/c23-20(19-11-6-7-15-22-19)14-13-18-10-4-5-12-21(18)24-16-17-8-2-1-3-9-17/h1-15H,16H2/b14-13+. The van der Waals surface area contributed by atoms with Crippen molar-refractivity contribution in [3.8, 4) is 5.75 Å². The Labute approximate surface area is 141 Å². The first-order chi connectivity index (χ1) is 11.8. The fourth-order valence-electron chi connectivity index (χ4n) is 2.24. The van der Waals surface area contributed by atoms with Crippen LogP contribution in [0.25, 0.3) is 6.08 Å². The average molecular weight is 315 g/mol. The normalized spacial score (nSPS) is 10.7. The molecule has 24 heavy (non-hydrogen) atoms. The van der Waals surface area contributed by atoms with Crippen LogP contribution < -0.4 is 4.74 Å². The van der Waals surface area contributed by atoms with Crippen LogP contribution in [0.15, 0.2) is 85.1 Å². The highest BCUT2D eigenvalue weighted by Crippen LogP contribution is 2.21. The van der Waals surface area contributed by atoms with Crippen molar-refractivity contribution in [1.29, 1.82) is 0 Å². The summed E-state index contributed by atoms with van der Waals surface area (Å²) in [7, 11) is 0. The number of carbonyl (C=O) groups is 1. The summed E-state index contributed by atoms with van der Waals surface area (Å²) >= 11 is 0. The van der Waals surface area contributed by atoms with Crippen molar-refractivity contribution < 1.29 is 9.53 Å². The molecule has 0 bridgehead atoms. The molecule has 3 heteroatoms. The van der Waals surface area contributed by atoms with Gasteiger partial charge in [-0.1, -0.05) is 54.6 Å². The van der Waals surface area contributed by atoms with Crippen LogP contribution in [0.1, 0.15) is 21.6 Å². The van der Waals surface area contributed by atoms with Gasteiger partial charge in [0.25, 0.3) is 0 Å². The summed E-state index contributed by atoms with van der Waals surface area (Å²) in [4.78, 5) is 16.2. The van der Waals surface area contributed by atoms with E-state index in [9.17, 15) is 4.79 Å². The second-order valence-electron chi connectivity index (χ2n) is 5.22. The molecule has 0 saturated heterocycles. The third-order valence-corrected chi connectivity index (χ3v) is 3.49. The number of hydrogen-bond donors (Lipinski definition) is 0. The Balaban J connectivity index is 1.72. The van der Waals surface area contributed by atoms with Crippen molar-refractivity contribution in [2.24, 2.45) is 0 Å². The van der Waals surface area contributed by atoms with E-state index in [1.165, 1.54) is 6.08 Å². The van der Waals surface area contributed by atoms with Gasteiger partial charge in [-0.05, 0) is 35.9 Å². The van der Waals surface area contributed by atoms with Gasteiger partial charge in [-0.25, -0.2) is 0 Å². The third kappa shape index (κ3) is 4.17. The van der Waals surface area contributed by atoms with E-state index in [4.69, 9.17) is 4.74 Å². The number of ether oxygens (including phenoxy) is 1. The van der Waals surface area contributed by atoms with Gasteiger partial charge < -0.3 is 4.74 Å². The van der Waals surface area contributed by atoms with Gasteiger partial charge >= 0.3 is 0 Å². The molecule has 3 nitrogen and oxygen atoms in total. The topological polar surface area (TPSA) is 39.2 Å². The highest BCUT2D eigenvalue weighted by molar-refractivity contribution is 6.05. The summed E-state index contributed by atoms with van der Waals surface area (Å²) < 4.78 is 5.88. The number of carbonyl (C=O) groups excluding carboxylic acids is 1. The van der Waals surface area contributed by atoms with Gasteiger partial charge in [0.1, 0.15) is 18.1 Å². The first-order valence-corrected chi connectivity index (χ1v) is 7.72. The molecule has 0 N–H and O–H groups in total. The van der Waals surface area contributed by atoms with Crippen LogP contribution in [-0.4, -0.2) is 10.8 Å². The first kappa shape index (κ1) is 15.7. The smallest absolute Gasteiger partial charge is 0.204 e. The predicted octanol–water partition coefficient (Wildman–Crippen LogP) is 4.56. The molecule has 0 unspecified atom stereocenters. The van der Waals surface area contributed by atoms with E-state index in [1.807, 2.05) is 54.6 Å². The largest absolute Gasteiger partial charge is 0.488 e. The maximum Gasteiger partial charge on any atom is 0.204 e. The van der Waals surface area contributed by atoms with E-state index in [-0.39, 0.29) is 5.78 Å². The first-order valence-electron chi connectivity index (χ1n) is 7.72. The quantitative estimate of drug-likeness (QED) is 0.494. The Morgan fingerprint density at radius 1 is 0.917 bits per heavy atom. The molecule has 0 aliphatic carbocycles. The van der Waals surface area contributed by atoms with Crippen LogP contribution in [0.3, 0.4) is 0 Å². The summed E-state index contributed by atoms with van der Waals surface area (Å²) in [6.45, 7) is 0.486. The number of hydrogen-bond acceptors (Lipinski definition) is 3. The van der Waals surface area contributed by atoms with Crippen molar-refractivity contribution in [2.45, 2.75) is 6.61 Å². The number of allylic oxidation sites excluding steroid dienone is 1. The van der Waals surface area contributed by atoms with Gasteiger partial charge in [0.15, 0.2) is 0 Å². The van der Waals surface area contributed by atoms with E-state index < -0.39 is 0 Å². The second-order valence-corrected chi connectivity index (χ2v) is 5.22. The van der Waals surface area contributed by atoms with Gasteiger partial charge in [-0.2, -0.15) is 0 Å². The number of benzene rings is 2. The minimum atomic E-state index is -0.131. The van der Waals surface area contributed by atoms with Crippen LogP contribution in [0.2, 0.25) is 0 Å². The van der Waals surface area contributed by atoms with Crippen LogP contribution in [0, 0.1) is 0 Å². The van der Waals surface area contributed by atoms with Crippen LogP contribution in [-0.2, 0) is 6.61 Å². The molecule has 0 saturated carbocycles. The van der Waals surface area contributed by atoms with E-state index >= 15 is 0 Å². The molecule has 0 fully saturated rings. The Morgan fingerprint density at radius 3 is 2.46 bits per heavy atom. The van der Waals surface area contributed by atoms with E-state index in [1.54, 1.807) is 30.5 Å². The molecule has 3 aromatic rings. The Hall–Kier alpha value is -3.20. The fourth-order valence-corrected chi connectivity index (χ4v) is 2.24. The summed E-state index contributed by atoms with van der Waals surface area (Å²) in [5.74, 6) is 0.611. The van der Waals surface area contributed by atoms with Crippen molar-refractivity contribution in [2.75, 3.05) is 0 Å². The molecule has 0 aliphatic heterocycles. The lowest BCUT2D eigenvalue weighted by Crippen LogP contribution is -1.98. The molecule has 118 valence electrons. The number of nitrogens with zero attached hydrogens (tertiary/aromatic N) is 1. The molecular formula is C21H17NO2. The van der Waals surface area contributed by atoms with E-state index in [0.717, 1.165) is 16.9 Å². The molecule has 2 aromatic carbocycles. The van der Waals surface area contributed by atoms with Crippen molar-refractivity contribution in [3.05, 3.63) is 102 Å². The highest BCUT2D eigenvalue weighted by Gasteiger charge is 2.04. The summed E-state index contributed by atoms with van der Waals surface area (Å²) in [6.07, 6.45) is 4.89. The van der Waals surface area contributed by atoms with E-state index in [2.05, 4.69) is 4.98 Å². The molecule has 0 spiro atoms. The molecule has 0 atom stereocenters. The average Bonchev–Trinajstić information content (AvgIpc) is 2.66. The maximum atomic E-state index is 12.1. The Bertz CT molecular complexity index is 827. The maximum absolute atomic E-state index is 12.1. The Morgan fingerprint density at radius 2 is 1.67 bits per heavy atom. The summed E-state index contributed by atoms with van der Waals surface area (Å²) in [6, 6.07) is 22.9. The fraction of sp³-hybridized carbons (Fsp3) is 0.0476. The molecule has 0 radical (unpaired) electrons. The molecule has 1 heterocycles. The second kappa shape index (κ2) is 7.88. The van der Waals surface area contributed by atoms with Crippen LogP contribution >= 0.6 is 0 Å². The lowest BCUT2D eigenvalue weighted by molar-refractivity contribution is 0.104. The van der Waals surface area contributed by atoms with Gasteiger partial charge in [-0.3, -0.25) is 9.78 Å². The summed E-state index contributed by atoms with van der Waals surface area (Å²) in [5.41, 5.74) is 2.38. The van der Waals surface area contributed by atoms with Crippen LogP contribution in [0.5, 0.6) is 5.75 Å². The molecule has 0 aliphatic rings. The number of para-hydroxylation sites is 1. The lowest BCUT2D eigenvalue weighted by Gasteiger charge is -2.09. The van der Waals surface area contributed by atoms with Crippen molar-refractivity contribution in [1.82, 2.24) is 4.98 Å². The lowest BCUT2D eigenvalue weighted by atomic mass is 10.1. The Kier molecular flexibility index (Phi) is 5.15. The molecule has 1 aromatic heterocycles. The zero-order chi connectivity index (χ0) is 16.6. The zero-order valence-corrected chi connectivity index (χ0v) is 13.1. The molecular weight excluding hydrogens is 298 g/mol. The number of aromatic nitrogens is 1. The van der Waals surface area contributed by atoms with Crippen LogP contribution in [0.4, 0.5) is 0 Å². The number of ketones is 1. The van der Waals surface area contributed by atoms with Crippen molar-refractivity contribution in [3.63, 3.8) is 0 Å². The monoisotopic (exact) mass is 315 g/mol. The van der Waals surface area contributed by atoms with E-state index in [0.29, 0.717) is 12.3 Å². The molecule has 3 rings (SSSR count). The SMILES string of the molecule is O=C(/C=C/c1ccccc1OCc1ccccc1)c1ccccn1. The minimum absolute atomic E-state index is 0.131. The summed E-state index contributed by atoms with van der Waals surface area (Å²) in [5, 5.41) is 0. The molecule has 0 amide bonds. The van der Waals surface area contributed by atoms with Crippen molar-refractivity contribution >= 4 is 11.9 Å². The van der Waals surface area contributed by atoms with Gasteiger partial charge in [0, 0.05) is 11.8 Å². The zero-order valence-electron chi connectivity index (χ0n) is 13.1. The predicted molar refractivity (Wildman–Crippen MR) is 94.8 cm³/mol. The number of pyridine rings is 1. The third-order valence-electron chi connectivity index (χ3n) is 3.49.